The Bertz CT molecular complexity index is 601. The maximum Gasteiger partial charge on any atom is 0.348 e. The number of halogens is 2. The molecule has 0 fully saturated rings. The summed E-state index contributed by atoms with van der Waals surface area (Å²) in [4.78, 5) is 22.1. The SMILES string of the molecule is O=C(Cl)c1cc2cc(Cl)ccc2oc1=O. The van der Waals surface area contributed by atoms with Crippen molar-refractivity contribution in [1.29, 1.82) is 0 Å². The quantitative estimate of drug-likeness (QED) is 0.571. The first-order valence-electron chi connectivity index (χ1n) is 4.01. The summed E-state index contributed by atoms with van der Waals surface area (Å²) in [5, 5.41) is 0.209. The molecule has 0 amide bonds. The number of rotatable bonds is 1. The molecule has 0 spiro atoms. The van der Waals surface area contributed by atoms with Crippen molar-refractivity contribution in [2.75, 3.05) is 0 Å². The molecule has 76 valence electrons. The second-order valence-corrected chi connectivity index (χ2v) is 3.68. The summed E-state index contributed by atoms with van der Waals surface area (Å²) in [7, 11) is 0. The first-order valence-corrected chi connectivity index (χ1v) is 4.77. The molecule has 0 atom stereocenters. The summed E-state index contributed by atoms with van der Waals surface area (Å²) in [6.07, 6.45) is 0. The molecule has 3 nitrogen and oxygen atoms in total. The highest BCUT2D eigenvalue weighted by molar-refractivity contribution is 6.67. The van der Waals surface area contributed by atoms with E-state index < -0.39 is 10.9 Å². The van der Waals surface area contributed by atoms with Crippen LogP contribution >= 0.6 is 23.2 Å². The monoisotopic (exact) mass is 242 g/mol. The third-order valence-electron chi connectivity index (χ3n) is 1.91. The number of hydrogen-bond acceptors (Lipinski definition) is 3. The standard InChI is InChI=1S/C10H4Cl2O3/c11-6-1-2-8-5(3-6)4-7(9(12)13)10(14)15-8/h1-4H. The molecule has 0 saturated carbocycles. The molecule has 0 radical (unpaired) electrons. The number of hydrogen-bond donors (Lipinski definition) is 0. The van der Waals surface area contributed by atoms with Crippen LogP contribution in [0.25, 0.3) is 11.0 Å². The zero-order chi connectivity index (χ0) is 11.0. The Morgan fingerprint density at radius 2 is 2.00 bits per heavy atom. The fraction of sp³-hybridized carbons (Fsp3) is 0. The van der Waals surface area contributed by atoms with Gasteiger partial charge in [0.1, 0.15) is 11.1 Å². The highest BCUT2D eigenvalue weighted by Gasteiger charge is 2.10. The Hall–Kier alpha value is -1.32. The van der Waals surface area contributed by atoms with Crippen molar-refractivity contribution in [1.82, 2.24) is 0 Å². The first-order chi connectivity index (χ1) is 7.08. The van der Waals surface area contributed by atoms with Gasteiger partial charge in [0.05, 0.1) is 0 Å². The van der Waals surface area contributed by atoms with Crippen LogP contribution in [0.15, 0.2) is 33.5 Å². The van der Waals surface area contributed by atoms with E-state index in [2.05, 4.69) is 0 Å². The van der Waals surface area contributed by atoms with E-state index in [0.717, 1.165) is 0 Å². The lowest BCUT2D eigenvalue weighted by Gasteiger charge is -1.98. The van der Waals surface area contributed by atoms with Crippen LogP contribution in [0.5, 0.6) is 0 Å². The minimum absolute atomic E-state index is 0.188. The third kappa shape index (κ3) is 1.89. The van der Waals surface area contributed by atoms with Gasteiger partial charge >= 0.3 is 5.63 Å². The van der Waals surface area contributed by atoms with Gasteiger partial charge in [0, 0.05) is 10.4 Å². The van der Waals surface area contributed by atoms with E-state index in [0.29, 0.717) is 16.0 Å². The molecule has 0 N–H and O–H groups in total. The average Bonchev–Trinajstić information content (AvgIpc) is 2.17. The van der Waals surface area contributed by atoms with Gasteiger partial charge in [-0.3, -0.25) is 4.79 Å². The van der Waals surface area contributed by atoms with Gasteiger partial charge < -0.3 is 4.42 Å². The Morgan fingerprint density at radius 1 is 1.27 bits per heavy atom. The van der Waals surface area contributed by atoms with E-state index in [1.807, 2.05) is 0 Å². The topological polar surface area (TPSA) is 47.3 Å². The van der Waals surface area contributed by atoms with Gasteiger partial charge in [0.15, 0.2) is 0 Å². The van der Waals surface area contributed by atoms with Crippen molar-refractivity contribution in [3.05, 3.63) is 45.3 Å². The van der Waals surface area contributed by atoms with Crippen molar-refractivity contribution in [2.24, 2.45) is 0 Å². The second-order valence-electron chi connectivity index (χ2n) is 2.90. The molecule has 5 heteroatoms. The lowest BCUT2D eigenvalue weighted by atomic mass is 10.2. The lowest BCUT2D eigenvalue weighted by molar-refractivity contribution is 0.107. The molecular formula is C10H4Cl2O3. The van der Waals surface area contributed by atoms with Gasteiger partial charge in [0.2, 0.25) is 0 Å². The number of carbonyl (C=O) groups excluding carboxylic acids is 1. The average molecular weight is 243 g/mol. The van der Waals surface area contributed by atoms with Crippen molar-refractivity contribution in [2.45, 2.75) is 0 Å². The third-order valence-corrected chi connectivity index (χ3v) is 2.34. The molecule has 0 aliphatic rings. The largest absolute Gasteiger partial charge is 0.422 e. The zero-order valence-corrected chi connectivity index (χ0v) is 8.80. The summed E-state index contributed by atoms with van der Waals surface area (Å²) < 4.78 is 4.89. The summed E-state index contributed by atoms with van der Waals surface area (Å²) in [6, 6.07) is 6.10. The molecule has 2 aromatic rings. The number of benzene rings is 1. The fourth-order valence-corrected chi connectivity index (χ4v) is 1.54. The number of carbonyl (C=O) groups is 1. The molecule has 0 unspecified atom stereocenters. The predicted molar refractivity (Wildman–Crippen MR) is 57.7 cm³/mol. The summed E-state index contributed by atoms with van der Waals surface area (Å²) >= 11 is 11.0. The molecule has 0 bridgehead atoms. The summed E-state index contributed by atoms with van der Waals surface area (Å²) in [6.45, 7) is 0. The smallest absolute Gasteiger partial charge is 0.348 e. The molecule has 1 aromatic carbocycles. The fourth-order valence-electron chi connectivity index (χ4n) is 1.23. The molecule has 0 saturated heterocycles. The van der Waals surface area contributed by atoms with E-state index in [4.69, 9.17) is 27.6 Å². The van der Waals surface area contributed by atoms with Crippen molar-refractivity contribution >= 4 is 39.4 Å². The van der Waals surface area contributed by atoms with Crippen LogP contribution in [0.2, 0.25) is 5.02 Å². The van der Waals surface area contributed by atoms with E-state index in [-0.39, 0.29) is 5.56 Å². The van der Waals surface area contributed by atoms with Crippen molar-refractivity contribution in [3.8, 4) is 0 Å². The summed E-state index contributed by atoms with van der Waals surface area (Å²) in [5.74, 6) is 0. The van der Waals surface area contributed by atoms with Crippen LogP contribution in [-0.2, 0) is 0 Å². The molecule has 1 aromatic heterocycles. The first kappa shape index (κ1) is 10.2. The maximum absolute atomic E-state index is 11.3. The highest BCUT2D eigenvalue weighted by Crippen LogP contribution is 2.19. The molecule has 1 heterocycles. The van der Waals surface area contributed by atoms with Crippen molar-refractivity contribution < 1.29 is 9.21 Å². The molecule has 0 aliphatic carbocycles. The van der Waals surface area contributed by atoms with Crippen LogP contribution in [0.3, 0.4) is 0 Å². The summed E-state index contributed by atoms with van der Waals surface area (Å²) in [5.41, 5.74) is -0.567. The van der Waals surface area contributed by atoms with Gasteiger partial charge in [-0.15, -0.1) is 0 Å². The van der Waals surface area contributed by atoms with Crippen LogP contribution < -0.4 is 5.63 Å². The van der Waals surface area contributed by atoms with E-state index in [1.165, 1.54) is 6.07 Å². The second kappa shape index (κ2) is 3.68. The van der Waals surface area contributed by atoms with Gasteiger partial charge in [0.25, 0.3) is 5.24 Å². The minimum atomic E-state index is -0.842. The van der Waals surface area contributed by atoms with Crippen molar-refractivity contribution in [3.63, 3.8) is 0 Å². The van der Waals surface area contributed by atoms with Gasteiger partial charge in [-0.05, 0) is 35.9 Å². The van der Waals surface area contributed by atoms with Gasteiger partial charge in [-0.1, -0.05) is 11.6 Å². The highest BCUT2D eigenvalue weighted by atomic mass is 35.5. The number of fused-ring (bicyclic) bond motifs is 1. The van der Waals surface area contributed by atoms with Crippen LogP contribution in [-0.4, -0.2) is 5.24 Å². The lowest BCUT2D eigenvalue weighted by Crippen LogP contribution is -2.09. The van der Waals surface area contributed by atoms with Crippen LogP contribution in [0.1, 0.15) is 10.4 Å². The van der Waals surface area contributed by atoms with E-state index >= 15 is 0 Å². The Kier molecular flexibility index (Phi) is 2.50. The normalized spacial score (nSPS) is 10.5. The van der Waals surface area contributed by atoms with Crippen LogP contribution in [0.4, 0.5) is 0 Å². The van der Waals surface area contributed by atoms with Gasteiger partial charge in [-0.2, -0.15) is 0 Å². The molecule has 15 heavy (non-hydrogen) atoms. The predicted octanol–water partition coefficient (Wildman–Crippen LogP) is 2.83. The molecule has 0 aliphatic heterocycles. The maximum atomic E-state index is 11.3. The van der Waals surface area contributed by atoms with E-state index in [9.17, 15) is 9.59 Å². The minimum Gasteiger partial charge on any atom is -0.422 e. The molecule has 2 rings (SSSR count). The molecular weight excluding hydrogens is 239 g/mol. The Morgan fingerprint density at radius 3 is 2.67 bits per heavy atom. The van der Waals surface area contributed by atoms with Crippen LogP contribution in [0, 0.1) is 0 Å². The van der Waals surface area contributed by atoms with Gasteiger partial charge in [-0.25, -0.2) is 4.79 Å². The zero-order valence-electron chi connectivity index (χ0n) is 7.29. The van der Waals surface area contributed by atoms with E-state index in [1.54, 1.807) is 18.2 Å². The Balaban J connectivity index is 2.83. The Labute approximate surface area is 94.2 Å².